The molecule has 1 saturated heterocycles. The molecule has 0 aliphatic carbocycles. The maximum absolute atomic E-state index is 11.5. The van der Waals surface area contributed by atoms with Gasteiger partial charge in [0.15, 0.2) is 34.7 Å². The van der Waals surface area contributed by atoms with Crippen molar-refractivity contribution < 1.29 is 53.1 Å². The van der Waals surface area contributed by atoms with Gasteiger partial charge < -0.3 is 44.1 Å². The third-order valence-corrected chi connectivity index (χ3v) is 6.09. The number of aromatic nitrogens is 4. The second kappa shape index (κ2) is 10.6. The number of anilines is 1. The van der Waals surface area contributed by atoms with Gasteiger partial charge in [0.25, 0.3) is 0 Å². The molecular formula is C20H26N5O11P. The number of ether oxygens (including phenoxy) is 4. The lowest BCUT2D eigenvalue weighted by atomic mass is 10.1. The van der Waals surface area contributed by atoms with Crippen molar-refractivity contribution in [3.63, 3.8) is 0 Å². The number of imidazole rings is 1. The van der Waals surface area contributed by atoms with Crippen LogP contribution in [0, 0.1) is 0 Å². The highest BCUT2D eigenvalue weighted by Gasteiger charge is 2.44. The highest BCUT2D eigenvalue weighted by Crippen LogP contribution is 2.51. The standard InChI is InChI=1S/C20H26N5O11P/c1-32-15-9(4-10(36-37(29,30)31)16(33-2)17(15)34-3)5-21-18-12-19(23-7-22-18)25(8-24-12)20-14(28)13(27)11(6-26)35-20/h4,7-8,11,13-14,20,26-28H,5-6H2,1-3H3,(H,21,22,23)(H2,29,30,31)/t11-,13-,14-,20-/m1/s1. The van der Waals surface area contributed by atoms with E-state index in [1.54, 1.807) is 0 Å². The van der Waals surface area contributed by atoms with E-state index in [4.69, 9.17) is 23.5 Å². The molecule has 202 valence electrons. The normalized spacial score (nSPS) is 21.7. The van der Waals surface area contributed by atoms with Gasteiger partial charge in [-0.2, -0.15) is 0 Å². The Kier molecular flexibility index (Phi) is 7.70. The summed E-state index contributed by atoms with van der Waals surface area (Å²) in [6, 6.07) is 1.32. The fraction of sp³-hybridized carbons (Fsp3) is 0.450. The zero-order valence-corrected chi connectivity index (χ0v) is 20.8. The highest BCUT2D eigenvalue weighted by molar-refractivity contribution is 7.46. The van der Waals surface area contributed by atoms with Gasteiger partial charge in [-0.15, -0.1) is 0 Å². The maximum atomic E-state index is 11.5. The van der Waals surface area contributed by atoms with E-state index in [1.165, 1.54) is 44.6 Å². The van der Waals surface area contributed by atoms with E-state index < -0.39 is 39.0 Å². The van der Waals surface area contributed by atoms with Crippen molar-refractivity contribution in [3.05, 3.63) is 24.3 Å². The second-order valence-corrected chi connectivity index (χ2v) is 9.01. The third-order valence-electron chi connectivity index (χ3n) is 5.66. The number of benzene rings is 1. The monoisotopic (exact) mass is 543 g/mol. The van der Waals surface area contributed by atoms with Crippen molar-refractivity contribution in [1.29, 1.82) is 0 Å². The van der Waals surface area contributed by atoms with E-state index in [-0.39, 0.29) is 41.0 Å². The van der Waals surface area contributed by atoms with Gasteiger partial charge in [-0.1, -0.05) is 0 Å². The van der Waals surface area contributed by atoms with Crippen LogP contribution >= 0.6 is 7.82 Å². The van der Waals surface area contributed by atoms with Crippen LogP contribution in [0.5, 0.6) is 23.0 Å². The van der Waals surface area contributed by atoms with Gasteiger partial charge in [-0.05, 0) is 6.07 Å². The number of fused-ring (bicyclic) bond motifs is 1. The first kappa shape index (κ1) is 26.8. The number of nitrogens with one attached hydrogen (secondary N) is 1. The molecule has 17 heteroatoms. The number of aliphatic hydroxyl groups is 3. The summed E-state index contributed by atoms with van der Waals surface area (Å²) in [4.78, 5) is 31.3. The molecule has 37 heavy (non-hydrogen) atoms. The Morgan fingerprint density at radius 1 is 1.05 bits per heavy atom. The molecular weight excluding hydrogens is 517 g/mol. The van der Waals surface area contributed by atoms with Crippen molar-refractivity contribution in [2.75, 3.05) is 33.3 Å². The molecule has 6 N–H and O–H groups in total. The molecule has 2 aromatic heterocycles. The Morgan fingerprint density at radius 3 is 2.35 bits per heavy atom. The van der Waals surface area contributed by atoms with E-state index in [0.717, 1.165) is 0 Å². The van der Waals surface area contributed by atoms with Crippen molar-refractivity contribution >= 4 is 24.8 Å². The molecule has 1 aliphatic rings. The molecule has 4 rings (SSSR count). The molecule has 0 spiro atoms. The zero-order chi connectivity index (χ0) is 26.9. The minimum atomic E-state index is -4.93. The summed E-state index contributed by atoms with van der Waals surface area (Å²) >= 11 is 0. The average Bonchev–Trinajstić information content (AvgIpc) is 3.41. The summed E-state index contributed by atoms with van der Waals surface area (Å²) in [5.41, 5.74) is 0.946. The van der Waals surface area contributed by atoms with Gasteiger partial charge in [0.1, 0.15) is 24.6 Å². The molecule has 3 heterocycles. The van der Waals surface area contributed by atoms with Gasteiger partial charge in [-0.25, -0.2) is 19.5 Å². The second-order valence-electron chi connectivity index (χ2n) is 7.84. The third kappa shape index (κ3) is 5.13. The van der Waals surface area contributed by atoms with E-state index in [2.05, 4.69) is 20.3 Å². The van der Waals surface area contributed by atoms with Crippen LogP contribution in [0.1, 0.15) is 11.8 Å². The van der Waals surface area contributed by atoms with Gasteiger partial charge in [0.05, 0.1) is 34.3 Å². The van der Waals surface area contributed by atoms with Gasteiger partial charge >= 0.3 is 7.82 Å². The summed E-state index contributed by atoms with van der Waals surface area (Å²) in [7, 11) is -0.936. The number of phosphoric ester groups is 1. The van der Waals surface area contributed by atoms with Gasteiger partial charge in [0, 0.05) is 12.1 Å². The van der Waals surface area contributed by atoms with Crippen LogP contribution in [0.2, 0.25) is 0 Å². The summed E-state index contributed by atoms with van der Waals surface area (Å²) in [5.74, 6) is 0.186. The SMILES string of the molecule is COc1c(CNc2ncnc3c2ncn3[C@@H]2O[C@H](CO)[C@@H](O)[C@H]2O)cc(OP(=O)(O)O)c(OC)c1OC. The number of rotatable bonds is 10. The van der Waals surface area contributed by atoms with E-state index in [1.807, 2.05) is 0 Å². The van der Waals surface area contributed by atoms with Gasteiger partial charge in [-0.3, -0.25) is 14.4 Å². The van der Waals surface area contributed by atoms with Crippen molar-refractivity contribution in [2.24, 2.45) is 0 Å². The molecule has 0 bridgehead atoms. The van der Waals surface area contributed by atoms with E-state index >= 15 is 0 Å². The number of nitrogens with zero attached hydrogens (tertiary/aromatic N) is 4. The van der Waals surface area contributed by atoms with Gasteiger partial charge in [0.2, 0.25) is 11.5 Å². The Labute approximate surface area is 209 Å². The van der Waals surface area contributed by atoms with Crippen LogP contribution in [-0.4, -0.2) is 90.9 Å². The van der Waals surface area contributed by atoms with Crippen LogP contribution in [0.15, 0.2) is 18.7 Å². The predicted molar refractivity (Wildman–Crippen MR) is 124 cm³/mol. The molecule has 3 aromatic rings. The predicted octanol–water partition coefficient (Wildman–Crippen LogP) is -0.453. The maximum Gasteiger partial charge on any atom is 0.524 e. The summed E-state index contributed by atoms with van der Waals surface area (Å²) in [5, 5.41) is 32.9. The minimum Gasteiger partial charge on any atom is -0.492 e. The number of aliphatic hydroxyl groups excluding tert-OH is 3. The number of hydrogen-bond donors (Lipinski definition) is 6. The Morgan fingerprint density at radius 2 is 1.76 bits per heavy atom. The number of hydrogen-bond acceptors (Lipinski definition) is 13. The molecule has 0 radical (unpaired) electrons. The zero-order valence-electron chi connectivity index (χ0n) is 19.9. The van der Waals surface area contributed by atoms with Crippen LogP contribution in [0.25, 0.3) is 11.2 Å². The lowest BCUT2D eigenvalue weighted by Crippen LogP contribution is -2.33. The topological polar surface area (TPSA) is 220 Å². The highest BCUT2D eigenvalue weighted by atomic mass is 31.2. The molecule has 1 fully saturated rings. The smallest absolute Gasteiger partial charge is 0.492 e. The van der Waals surface area contributed by atoms with Crippen LogP contribution in [-0.2, 0) is 15.8 Å². The minimum absolute atomic E-state index is 0.00781. The summed E-state index contributed by atoms with van der Waals surface area (Å²) in [6.45, 7) is -0.474. The Hall–Kier alpha value is -3.24. The lowest BCUT2D eigenvalue weighted by Gasteiger charge is -2.20. The van der Waals surface area contributed by atoms with E-state index in [9.17, 15) is 29.7 Å². The van der Waals surface area contributed by atoms with Crippen molar-refractivity contribution in [1.82, 2.24) is 19.5 Å². The largest absolute Gasteiger partial charge is 0.524 e. The van der Waals surface area contributed by atoms with Crippen molar-refractivity contribution in [2.45, 2.75) is 31.1 Å². The first-order valence-corrected chi connectivity index (χ1v) is 12.3. The average molecular weight is 543 g/mol. The van der Waals surface area contributed by atoms with Crippen LogP contribution in [0.4, 0.5) is 5.82 Å². The Bertz CT molecular complexity index is 1320. The molecule has 16 nitrogen and oxygen atoms in total. The molecule has 1 aliphatic heterocycles. The van der Waals surface area contributed by atoms with Crippen LogP contribution < -0.4 is 24.1 Å². The fourth-order valence-corrected chi connectivity index (χ4v) is 4.43. The molecule has 4 atom stereocenters. The molecule has 0 unspecified atom stereocenters. The Balaban J connectivity index is 1.67. The molecule has 1 aromatic carbocycles. The fourth-order valence-electron chi connectivity index (χ4n) is 4.04. The summed E-state index contributed by atoms with van der Waals surface area (Å²) < 4.78 is 39.3. The first-order chi connectivity index (χ1) is 17.6. The number of methoxy groups -OCH3 is 3. The molecule has 0 saturated carbocycles. The van der Waals surface area contributed by atoms with E-state index in [0.29, 0.717) is 11.1 Å². The lowest BCUT2D eigenvalue weighted by molar-refractivity contribution is -0.0511. The van der Waals surface area contributed by atoms with Crippen molar-refractivity contribution in [3.8, 4) is 23.0 Å². The molecule has 0 amide bonds. The summed E-state index contributed by atoms with van der Waals surface area (Å²) in [6.07, 6.45) is -2.04. The quantitative estimate of drug-likeness (QED) is 0.178. The van der Waals surface area contributed by atoms with Crippen LogP contribution in [0.3, 0.4) is 0 Å². The number of phosphoric acid groups is 1. The first-order valence-electron chi connectivity index (χ1n) is 10.7.